The summed E-state index contributed by atoms with van der Waals surface area (Å²) in [5.74, 6) is 0.241. The van der Waals surface area contributed by atoms with Gasteiger partial charge in [-0.2, -0.15) is 5.26 Å². The Balaban J connectivity index is 0.864. The van der Waals surface area contributed by atoms with E-state index in [1.165, 1.54) is 38.9 Å². The molecule has 3 nitrogen and oxygen atoms in total. The summed E-state index contributed by atoms with van der Waals surface area (Å²) < 4.78 is 0.823. The topological polar surface area (TPSA) is 30.3 Å². The Kier molecular flexibility index (Phi) is 16.6. The van der Waals surface area contributed by atoms with E-state index < -0.39 is 0 Å². The molecule has 1 unspecified atom stereocenters. The molecule has 0 aliphatic rings. The van der Waals surface area contributed by atoms with E-state index in [0.29, 0.717) is 0 Å². The summed E-state index contributed by atoms with van der Waals surface area (Å²) in [7, 11) is 0. The highest BCUT2D eigenvalue weighted by atomic mass is 32.2. The van der Waals surface area contributed by atoms with Crippen LogP contribution in [0.4, 0.5) is 34.1 Å². The molecule has 0 aliphatic carbocycles. The molecule has 0 saturated heterocycles. The third-order valence-electron chi connectivity index (χ3n) is 14.8. The molecule has 0 heterocycles. The summed E-state index contributed by atoms with van der Waals surface area (Å²) in [5, 5.41) is 9.80. The lowest BCUT2D eigenvalue weighted by atomic mass is 9.78. The summed E-state index contributed by atoms with van der Waals surface area (Å²) in [6, 6.07) is 96.5. The van der Waals surface area contributed by atoms with Crippen molar-refractivity contribution >= 4 is 73.4 Å². The minimum atomic E-state index is -0.382. The van der Waals surface area contributed by atoms with Gasteiger partial charge in [-0.3, -0.25) is 0 Å². The SMILES string of the molecule is CSC(=S)SC(C)(C)C(CCC(C)(C)C#N)c1ccc(-c2ccc(-c3ccc(N(c4ccccc4)c4ccc(-c5ccc(N(c6ccc(-c7ccccc7)cc6)c6ccc(-c7ccccc7)cc6)cc5)cc4)cc3)cc2)cc1. The van der Waals surface area contributed by atoms with Crippen molar-refractivity contribution in [3.05, 3.63) is 266 Å². The smallest absolute Gasteiger partial charge is 0.104 e. The van der Waals surface area contributed by atoms with E-state index in [4.69, 9.17) is 12.2 Å². The average molecular weight is 1070 g/mol. The highest BCUT2D eigenvalue weighted by molar-refractivity contribution is 8.47. The van der Waals surface area contributed by atoms with Gasteiger partial charge in [0.15, 0.2) is 0 Å². The molecule has 0 amide bonds. The fraction of sp³-hybridized carbons (Fsp3) is 0.139. The zero-order valence-electron chi connectivity index (χ0n) is 44.9. The van der Waals surface area contributed by atoms with Gasteiger partial charge in [-0.15, -0.1) is 23.5 Å². The highest BCUT2D eigenvalue weighted by Gasteiger charge is 2.34. The number of thioether (sulfide) groups is 2. The van der Waals surface area contributed by atoms with Gasteiger partial charge >= 0.3 is 0 Å². The number of thiocarbonyl (C=S) groups is 1. The van der Waals surface area contributed by atoms with Gasteiger partial charge in [-0.25, -0.2) is 0 Å². The molecule has 10 rings (SSSR count). The standard InChI is InChI=1S/C72H63N3S3/c1-71(2,51-73)50-49-69(72(3,4)78-70(76)77-5)62-27-25-56(26-28-62)54-21-23-55(24-22-54)59-33-43-64(44-34-59)74(63-19-13-8-14-20-63)65-45-35-60(36-46-65)61-37-47-68(48-38-61)75(66-39-29-57(30-40-66)52-15-9-6-10-16-52)67-41-31-58(32-42-67)53-17-11-7-12-18-53/h6-48,69H,49-50H2,1-5H3. The first-order valence-corrected chi connectivity index (χ1v) is 29.1. The van der Waals surface area contributed by atoms with Crippen LogP contribution in [0.1, 0.15) is 52.0 Å². The summed E-state index contributed by atoms with van der Waals surface area (Å²) >= 11 is 9.08. The third-order valence-corrected chi connectivity index (χ3v) is 17.6. The average Bonchev–Trinajstić information content (AvgIpc) is 3.52. The summed E-state index contributed by atoms with van der Waals surface area (Å²) in [4.78, 5) is 4.65. The van der Waals surface area contributed by atoms with Crippen molar-refractivity contribution in [3.63, 3.8) is 0 Å². The Labute approximate surface area is 476 Å². The Hall–Kier alpha value is -7.92. The second-order valence-corrected chi connectivity index (χ2v) is 24.6. The molecule has 78 heavy (non-hydrogen) atoms. The Morgan fingerprint density at radius 3 is 0.949 bits per heavy atom. The molecule has 0 spiro atoms. The quantitative estimate of drug-likeness (QED) is 0.0845. The normalized spacial score (nSPS) is 11.8. The maximum Gasteiger partial charge on any atom is 0.104 e. The molecule has 0 bridgehead atoms. The highest BCUT2D eigenvalue weighted by Crippen LogP contribution is 2.46. The van der Waals surface area contributed by atoms with Crippen LogP contribution < -0.4 is 9.80 Å². The van der Waals surface area contributed by atoms with Crippen molar-refractivity contribution in [2.45, 2.75) is 51.2 Å². The zero-order chi connectivity index (χ0) is 54.1. The van der Waals surface area contributed by atoms with Crippen LogP contribution in [0.5, 0.6) is 0 Å². The Morgan fingerprint density at radius 1 is 0.397 bits per heavy atom. The molecule has 10 aromatic carbocycles. The monoisotopic (exact) mass is 1070 g/mol. The summed E-state index contributed by atoms with van der Waals surface area (Å²) in [6.45, 7) is 8.64. The molecule has 1 atom stereocenters. The molecule has 0 N–H and O–H groups in total. The fourth-order valence-corrected chi connectivity index (χ4v) is 12.8. The largest absolute Gasteiger partial charge is 0.311 e. The fourth-order valence-electron chi connectivity index (χ4n) is 10.3. The first-order valence-electron chi connectivity index (χ1n) is 26.6. The van der Waals surface area contributed by atoms with Gasteiger partial charge in [-0.1, -0.05) is 200 Å². The van der Waals surface area contributed by atoms with Crippen LogP contribution in [0.2, 0.25) is 0 Å². The van der Waals surface area contributed by atoms with E-state index >= 15 is 0 Å². The number of anilines is 6. The minimum Gasteiger partial charge on any atom is -0.311 e. The Bertz CT molecular complexity index is 3510. The second-order valence-electron chi connectivity index (χ2n) is 20.9. The summed E-state index contributed by atoms with van der Waals surface area (Å²) in [5.41, 5.74) is 19.2. The lowest BCUT2D eigenvalue weighted by Crippen LogP contribution is -2.28. The van der Waals surface area contributed by atoms with Crippen molar-refractivity contribution in [1.29, 1.82) is 5.26 Å². The molecule has 0 aromatic heterocycles. The number of hydrogen-bond donors (Lipinski definition) is 0. The third kappa shape index (κ3) is 12.6. The maximum absolute atomic E-state index is 9.80. The van der Waals surface area contributed by atoms with Crippen molar-refractivity contribution in [1.82, 2.24) is 0 Å². The van der Waals surface area contributed by atoms with Crippen LogP contribution in [0.25, 0.3) is 55.6 Å². The van der Waals surface area contributed by atoms with Gasteiger partial charge < -0.3 is 9.80 Å². The molecule has 0 fully saturated rings. The van der Waals surface area contributed by atoms with Crippen LogP contribution in [0.3, 0.4) is 0 Å². The molecule has 6 heteroatoms. The van der Waals surface area contributed by atoms with E-state index in [-0.39, 0.29) is 16.1 Å². The minimum absolute atomic E-state index is 0.122. The molecule has 10 aromatic rings. The Morgan fingerprint density at radius 2 is 0.654 bits per heavy atom. The molecular weight excluding hydrogens is 1000 g/mol. The molecule has 0 radical (unpaired) electrons. The van der Waals surface area contributed by atoms with Crippen LogP contribution in [0.15, 0.2) is 261 Å². The number of nitriles is 1. The van der Waals surface area contributed by atoms with Gasteiger partial charge in [0.25, 0.3) is 0 Å². The number of benzene rings is 10. The van der Waals surface area contributed by atoms with Crippen LogP contribution in [-0.4, -0.2) is 14.5 Å². The molecule has 0 aliphatic heterocycles. The van der Waals surface area contributed by atoms with Crippen molar-refractivity contribution in [2.75, 3.05) is 16.1 Å². The maximum atomic E-state index is 9.80. The molecule has 0 saturated carbocycles. The van der Waals surface area contributed by atoms with E-state index in [1.807, 2.05) is 20.1 Å². The predicted molar refractivity (Wildman–Crippen MR) is 342 cm³/mol. The number of hydrogen-bond acceptors (Lipinski definition) is 6. The van der Waals surface area contributed by atoms with E-state index in [0.717, 1.165) is 72.7 Å². The molecule has 384 valence electrons. The van der Waals surface area contributed by atoms with Crippen molar-refractivity contribution in [3.8, 4) is 61.7 Å². The van der Waals surface area contributed by atoms with Crippen molar-refractivity contribution < 1.29 is 0 Å². The lowest BCUT2D eigenvalue weighted by Gasteiger charge is -2.35. The predicted octanol–water partition coefficient (Wildman–Crippen LogP) is 21.5. The first-order chi connectivity index (χ1) is 37.9. The van der Waals surface area contributed by atoms with Gasteiger partial charge in [0.2, 0.25) is 0 Å². The number of rotatable bonds is 17. The number of nitrogens with zero attached hydrogens (tertiary/aromatic N) is 3. The van der Waals surface area contributed by atoms with Crippen LogP contribution >= 0.6 is 35.7 Å². The van der Waals surface area contributed by atoms with Crippen LogP contribution in [-0.2, 0) is 0 Å². The van der Waals surface area contributed by atoms with Gasteiger partial charge in [-0.05, 0) is 187 Å². The summed E-state index contributed by atoms with van der Waals surface area (Å²) in [6.07, 6.45) is 3.78. The van der Waals surface area contributed by atoms with E-state index in [9.17, 15) is 5.26 Å². The first kappa shape index (κ1) is 53.5. The lowest BCUT2D eigenvalue weighted by molar-refractivity contribution is 0.384. The zero-order valence-corrected chi connectivity index (χ0v) is 47.3. The van der Waals surface area contributed by atoms with Crippen molar-refractivity contribution in [2.24, 2.45) is 5.41 Å². The van der Waals surface area contributed by atoms with Crippen LogP contribution in [0, 0.1) is 16.7 Å². The second kappa shape index (κ2) is 24.2. The van der Waals surface area contributed by atoms with E-state index in [2.05, 4.69) is 291 Å². The van der Waals surface area contributed by atoms with E-state index in [1.54, 1.807) is 23.5 Å². The molecular formula is C72H63N3S3. The van der Waals surface area contributed by atoms with Gasteiger partial charge in [0, 0.05) is 38.9 Å². The number of para-hydroxylation sites is 1. The van der Waals surface area contributed by atoms with Gasteiger partial charge in [0.05, 0.1) is 11.5 Å². The van der Waals surface area contributed by atoms with Gasteiger partial charge in [0.1, 0.15) is 3.53 Å².